The van der Waals surface area contributed by atoms with E-state index >= 15 is 0 Å². The minimum Gasteiger partial charge on any atom is -0.355 e. The molecule has 0 spiro atoms. The molecule has 0 fully saturated rings. The largest absolute Gasteiger partial charge is 0.355 e. The second-order valence-electron chi connectivity index (χ2n) is 5.88. The highest BCUT2D eigenvalue weighted by Gasteiger charge is 2.24. The Morgan fingerprint density at radius 2 is 2.41 bits per heavy atom. The first-order valence-corrected chi connectivity index (χ1v) is 8.65. The van der Waals surface area contributed by atoms with Crippen LogP contribution >= 0.6 is 11.3 Å². The van der Waals surface area contributed by atoms with Crippen LogP contribution in [-0.4, -0.2) is 27.2 Å². The summed E-state index contributed by atoms with van der Waals surface area (Å²) in [4.78, 5) is 18.1. The highest BCUT2D eigenvalue weighted by molar-refractivity contribution is 7.11. The van der Waals surface area contributed by atoms with Gasteiger partial charge in [0.25, 0.3) is 0 Å². The molecular weight excluding hydrogens is 296 g/mol. The lowest BCUT2D eigenvalue weighted by atomic mass is 9.91. The highest BCUT2D eigenvalue weighted by Crippen LogP contribution is 2.34. The van der Waals surface area contributed by atoms with E-state index in [1.807, 2.05) is 17.8 Å². The van der Waals surface area contributed by atoms with Gasteiger partial charge in [-0.25, -0.2) is 4.98 Å². The summed E-state index contributed by atoms with van der Waals surface area (Å²) in [5, 5.41) is 8.34. The Kier molecular flexibility index (Phi) is 4.57. The molecule has 2 aromatic heterocycles. The molecule has 5 nitrogen and oxygen atoms in total. The zero-order chi connectivity index (χ0) is 15.5. The van der Waals surface area contributed by atoms with Gasteiger partial charge in [-0.05, 0) is 38.7 Å². The molecule has 0 saturated carbocycles. The van der Waals surface area contributed by atoms with Crippen molar-refractivity contribution in [2.45, 2.75) is 44.9 Å². The van der Waals surface area contributed by atoms with Gasteiger partial charge in [0.15, 0.2) is 0 Å². The molecule has 0 aromatic carbocycles. The second-order valence-corrected chi connectivity index (χ2v) is 7.17. The van der Waals surface area contributed by atoms with E-state index in [2.05, 4.69) is 22.3 Å². The van der Waals surface area contributed by atoms with Gasteiger partial charge < -0.3 is 5.32 Å². The van der Waals surface area contributed by atoms with Crippen LogP contribution in [0.2, 0.25) is 0 Å². The maximum absolute atomic E-state index is 12.1. The third-order valence-electron chi connectivity index (χ3n) is 4.25. The van der Waals surface area contributed by atoms with Crippen molar-refractivity contribution >= 4 is 17.2 Å². The van der Waals surface area contributed by atoms with Gasteiger partial charge in [-0.15, -0.1) is 11.3 Å². The topological polar surface area (TPSA) is 59.8 Å². The van der Waals surface area contributed by atoms with E-state index in [9.17, 15) is 4.79 Å². The molecule has 1 aliphatic carbocycles. The summed E-state index contributed by atoms with van der Waals surface area (Å²) in [6, 6.07) is 1.96. The maximum atomic E-state index is 12.1. The van der Waals surface area contributed by atoms with Crippen LogP contribution in [0.25, 0.3) is 0 Å². The zero-order valence-electron chi connectivity index (χ0n) is 13.1. The number of rotatable bonds is 5. The number of thiazole rings is 1. The number of fused-ring (bicyclic) bond motifs is 1. The van der Waals surface area contributed by atoms with E-state index in [-0.39, 0.29) is 5.91 Å². The Bertz CT molecular complexity index is 661. The predicted molar refractivity (Wildman–Crippen MR) is 87.1 cm³/mol. The molecule has 22 heavy (non-hydrogen) atoms. The first-order valence-electron chi connectivity index (χ1n) is 7.83. The molecule has 1 atom stereocenters. The third kappa shape index (κ3) is 3.38. The number of amides is 1. The monoisotopic (exact) mass is 318 g/mol. The van der Waals surface area contributed by atoms with Gasteiger partial charge in [-0.1, -0.05) is 0 Å². The molecule has 0 saturated heterocycles. The van der Waals surface area contributed by atoms with Gasteiger partial charge in [0.1, 0.15) is 0 Å². The minimum absolute atomic E-state index is 0.111. The summed E-state index contributed by atoms with van der Waals surface area (Å²) in [6.45, 7) is 2.77. The van der Waals surface area contributed by atoms with Gasteiger partial charge >= 0.3 is 0 Å². The molecule has 1 amide bonds. The van der Waals surface area contributed by atoms with Crippen LogP contribution in [0.5, 0.6) is 0 Å². The van der Waals surface area contributed by atoms with Crippen molar-refractivity contribution in [1.82, 2.24) is 20.1 Å². The number of hydrogen-bond acceptors (Lipinski definition) is 4. The number of carbonyl (C=O) groups is 1. The third-order valence-corrected chi connectivity index (χ3v) is 5.30. The minimum atomic E-state index is 0.111. The molecule has 1 unspecified atom stereocenters. The number of nitrogens with one attached hydrogen (secondary N) is 1. The number of nitrogens with zero attached hydrogens (tertiary/aromatic N) is 3. The van der Waals surface area contributed by atoms with Crippen molar-refractivity contribution in [3.8, 4) is 0 Å². The van der Waals surface area contributed by atoms with Crippen LogP contribution in [0, 0.1) is 6.92 Å². The van der Waals surface area contributed by atoms with Gasteiger partial charge in [-0.2, -0.15) is 5.10 Å². The molecule has 0 bridgehead atoms. The van der Waals surface area contributed by atoms with E-state index in [0.717, 1.165) is 30.0 Å². The SMILES string of the molecule is Cc1nc2c(s1)CCCC2CNC(=O)CCc1ccnn1C. The normalized spacial score (nSPS) is 17.3. The van der Waals surface area contributed by atoms with Crippen molar-refractivity contribution in [1.29, 1.82) is 0 Å². The van der Waals surface area contributed by atoms with Crippen molar-refractivity contribution < 1.29 is 4.79 Å². The van der Waals surface area contributed by atoms with Gasteiger partial charge in [0.2, 0.25) is 5.91 Å². The summed E-state index contributed by atoms with van der Waals surface area (Å²) in [7, 11) is 1.90. The molecule has 1 aliphatic rings. The molecule has 6 heteroatoms. The summed E-state index contributed by atoms with van der Waals surface area (Å²) >= 11 is 1.80. The number of hydrogen-bond donors (Lipinski definition) is 1. The molecule has 3 rings (SSSR count). The zero-order valence-corrected chi connectivity index (χ0v) is 13.9. The van der Waals surface area contributed by atoms with E-state index in [0.29, 0.717) is 18.9 Å². The lowest BCUT2D eigenvalue weighted by Gasteiger charge is -2.21. The summed E-state index contributed by atoms with van der Waals surface area (Å²) in [5.74, 6) is 0.495. The van der Waals surface area contributed by atoms with Crippen LogP contribution in [0.15, 0.2) is 12.3 Å². The van der Waals surface area contributed by atoms with Crippen molar-refractivity contribution in [2.75, 3.05) is 6.54 Å². The van der Waals surface area contributed by atoms with E-state index in [1.54, 1.807) is 17.5 Å². The Hall–Kier alpha value is -1.69. The quantitative estimate of drug-likeness (QED) is 0.920. The average molecular weight is 318 g/mol. The fourth-order valence-corrected chi connectivity index (χ4v) is 4.11. The lowest BCUT2D eigenvalue weighted by Crippen LogP contribution is -2.30. The van der Waals surface area contributed by atoms with Crippen molar-refractivity contribution in [3.63, 3.8) is 0 Å². The molecule has 118 valence electrons. The van der Waals surface area contributed by atoms with E-state index in [1.165, 1.54) is 17.0 Å². The molecule has 2 aromatic rings. The van der Waals surface area contributed by atoms with Crippen LogP contribution in [0.3, 0.4) is 0 Å². The number of carbonyl (C=O) groups excluding carboxylic acids is 1. The van der Waals surface area contributed by atoms with Gasteiger partial charge in [-0.3, -0.25) is 9.48 Å². The molecule has 0 radical (unpaired) electrons. The first kappa shape index (κ1) is 15.2. The predicted octanol–water partition coefficient (Wildman–Crippen LogP) is 2.35. The van der Waals surface area contributed by atoms with Crippen LogP contribution in [0.4, 0.5) is 0 Å². The molecule has 1 N–H and O–H groups in total. The lowest BCUT2D eigenvalue weighted by molar-refractivity contribution is -0.121. The van der Waals surface area contributed by atoms with Crippen LogP contribution < -0.4 is 5.32 Å². The summed E-state index contributed by atoms with van der Waals surface area (Å²) in [5.41, 5.74) is 2.31. The Balaban J connectivity index is 1.50. The fraction of sp³-hybridized carbons (Fsp3) is 0.562. The Labute approximate surface area is 134 Å². The smallest absolute Gasteiger partial charge is 0.220 e. The van der Waals surface area contributed by atoms with Gasteiger partial charge in [0.05, 0.1) is 10.7 Å². The molecule has 0 aliphatic heterocycles. The second kappa shape index (κ2) is 6.60. The first-order chi connectivity index (χ1) is 10.6. The average Bonchev–Trinajstić information content (AvgIpc) is 3.07. The van der Waals surface area contributed by atoms with E-state index in [4.69, 9.17) is 0 Å². The fourth-order valence-electron chi connectivity index (χ4n) is 3.04. The van der Waals surface area contributed by atoms with Crippen molar-refractivity contribution in [3.05, 3.63) is 33.5 Å². The summed E-state index contributed by atoms with van der Waals surface area (Å²) in [6.07, 6.45) is 6.47. The van der Waals surface area contributed by atoms with Crippen molar-refractivity contribution in [2.24, 2.45) is 7.05 Å². The van der Waals surface area contributed by atoms with Crippen LogP contribution in [0.1, 0.15) is 46.5 Å². The highest BCUT2D eigenvalue weighted by atomic mass is 32.1. The molecular formula is C16H22N4OS. The maximum Gasteiger partial charge on any atom is 0.220 e. The Morgan fingerprint density at radius 3 is 3.18 bits per heavy atom. The number of aromatic nitrogens is 3. The Morgan fingerprint density at radius 1 is 1.55 bits per heavy atom. The number of aryl methyl sites for hydroxylation is 4. The standard InChI is InChI=1S/C16H22N4OS/c1-11-19-16-12(4-3-5-14(16)22-11)10-17-15(21)7-6-13-8-9-18-20(13)2/h8-9,12H,3-7,10H2,1-2H3,(H,17,21). The van der Waals surface area contributed by atoms with Gasteiger partial charge in [0, 0.05) is 42.7 Å². The molecule has 2 heterocycles. The van der Waals surface area contributed by atoms with Crippen LogP contribution in [-0.2, 0) is 24.7 Å². The summed E-state index contributed by atoms with van der Waals surface area (Å²) < 4.78 is 1.82. The van der Waals surface area contributed by atoms with E-state index < -0.39 is 0 Å².